The molecule has 3 aromatic carbocycles. The highest BCUT2D eigenvalue weighted by Crippen LogP contribution is 2.37. The lowest BCUT2D eigenvalue weighted by Crippen LogP contribution is -2.27. The Labute approximate surface area is 197 Å². The van der Waals surface area contributed by atoms with E-state index in [-0.39, 0.29) is 34.8 Å². The molecule has 0 fully saturated rings. The summed E-state index contributed by atoms with van der Waals surface area (Å²) in [5, 5.41) is 12.6. The fourth-order valence-electron chi connectivity index (χ4n) is 3.16. The molecule has 0 heterocycles. The number of carbonyl (C=O) groups excluding carboxylic acids is 1. The number of hydrogen-bond donors (Lipinski definition) is 1. The van der Waals surface area contributed by atoms with Crippen LogP contribution in [0.4, 0.5) is 4.39 Å². The van der Waals surface area contributed by atoms with Gasteiger partial charge in [-0.3, -0.25) is 4.79 Å². The summed E-state index contributed by atoms with van der Waals surface area (Å²) in [4.78, 5) is 12.6. The molecule has 1 N–H and O–H groups in total. The molecule has 0 unspecified atom stereocenters. The minimum absolute atomic E-state index is 0.0793. The van der Waals surface area contributed by atoms with Crippen LogP contribution < -0.4 is 14.8 Å². The fourth-order valence-corrected chi connectivity index (χ4v) is 3.43. The predicted octanol–water partition coefficient (Wildman–Crippen LogP) is 5.85. The van der Waals surface area contributed by atoms with Gasteiger partial charge >= 0.3 is 0 Å². The maximum atomic E-state index is 13.4. The standard InChI is InChI=1S/C26H22ClFN2O3/c1-17(20-8-4-3-5-9-20)30-26(31)21(15-29)11-19-13-23(27)25(24(14-19)32-2)33-16-18-7-6-10-22(28)12-18/h3-14,17H,16H2,1-2H3,(H,30,31)/b21-11-/t17-/m1/s1. The van der Waals surface area contributed by atoms with Gasteiger partial charge in [0.2, 0.25) is 0 Å². The number of nitriles is 1. The number of methoxy groups -OCH3 is 1. The zero-order chi connectivity index (χ0) is 23.8. The van der Waals surface area contributed by atoms with E-state index >= 15 is 0 Å². The van der Waals surface area contributed by atoms with Gasteiger partial charge in [-0.05, 0) is 54.0 Å². The highest BCUT2D eigenvalue weighted by atomic mass is 35.5. The van der Waals surface area contributed by atoms with E-state index in [2.05, 4.69) is 5.32 Å². The van der Waals surface area contributed by atoms with Crippen molar-refractivity contribution in [2.24, 2.45) is 0 Å². The Morgan fingerprint density at radius 3 is 2.61 bits per heavy atom. The molecule has 3 rings (SSSR count). The van der Waals surface area contributed by atoms with Crippen LogP contribution in [0.2, 0.25) is 5.02 Å². The topological polar surface area (TPSA) is 71.3 Å². The number of carbonyl (C=O) groups is 1. The van der Waals surface area contributed by atoms with Crippen LogP contribution in [-0.2, 0) is 11.4 Å². The van der Waals surface area contributed by atoms with Crippen molar-refractivity contribution in [1.82, 2.24) is 5.32 Å². The zero-order valence-electron chi connectivity index (χ0n) is 18.1. The van der Waals surface area contributed by atoms with E-state index in [1.165, 1.54) is 25.3 Å². The van der Waals surface area contributed by atoms with Crippen molar-refractivity contribution in [2.45, 2.75) is 19.6 Å². The number of amides is 1. The first kappa shape index (κ1) is 23.8. The van der Waals surface area contributed by atoms with Crippen LogP contribution in [0.5, 0.6) is 11.5 Å². The minimum atomic E-state index is -0.504. The maximum absolute atomic E-state index is 13.4. The second kappa shape index (κ2) is 11.2. The fraction of sp³-hybridized carbons (Fsp3) is 0.154. The SMILES string of the molecule is COc1cc(/C=C(/C#N)C(=O)N[C@H](C)c2ccccc2)cc(Cl)c1OCc1cccc(F)c1. The minimum Gasteiger partial charge on any atom is -0.493 e. The molecule has 0 spiro atoms. The highest BCUT2D eigenvalue weighted by Gasteiger charge is 2.16. The first-order valence-electron chi connectivity index (χ1n) is 10.1. The third kappa shape index (κ3) is 6.34. The monoisotopic (exact) mass is 464 g/mol. The molecule has 0 aromatic heterocycles. The van der Waals surface area contributed by atoms with Crippen LogP contribution in [0.25, 0.3) is 6.08 Å². The third-order valence-electron chi connectivity index (χ3n) is 4.85. The van der Waals surface area contributed by atoms with Gasteiger partial charge < -0.3 is 14.8 Å². The lowest BCUT2D eigenvalue weighted by Gasteiger charge is -2.15. The van der Waals surface area contributed by atoms with Crippen LogP contribution in [0, 0.1) is 17.1 Å². The summed E-state index contributed by atoms with van der Waals surface area (Å²) in [7, 11) is 1.45. The van der Waals surface area contributed by atoms with Crippen molar-refractivity contribution in [3.63, 3.8) is 0 Å². The van der Waals surface area contributed by atoms with E-state index in [1.54, 1.807) is 24.3 Å². The summed E-state index contributed by atoms with van der Waals surface area (Å²) >= 11 is 6.39. The molecule has 0 radical (unpaired) electrons. The quantitative estimate of drug-likeness (QED) is 0.335. The maximum Gasteiger partial charge on any atom is 0.262 e. The predicted molar refractivity (Wildman–Crippen MR) is 125 cm³/mol. The van der Waals surface area contributed by atoms with Crippen LogP contribution in [-0.4, -0.2) is 13.0 Å². The van der Waals surface area contributed by atoms with E-state index < -0.39 is 5.91 Å². The summed E-state index contributed by atoms with van der Waals surface area (Å²) in [6.45, 7) is 1.93. The molecule has 168 valence electrons. The number of benzene rings is 3. The van der Waals surface area contributed by atoms with Crippen molar-refractivity contribution in [2.75, 3.05) is 7.11 Å². The molecular formula is C26H22ClFN2O3. The normalized spacial score (nSPS) is 11.9. The van der Waals surface area contributed by atoms with Crippen molar-refractivity contribution in [3.05, 3.63) is 99.8 Å². The second-order valence-electron chi connectivity index (χ2n) is 7.23. The molecule has 33 heavy (non-hydrogen) atoms. The van der Waals surface area contributed by atoms with E-state index in [1.807, 2.05) is 43.3 Å². The van der Waals surface area contributed by atoms with E-state index in [0.29, 0.717) is 16.9 Å². The Balaban J connectivity index is 1.79. The molecule has 0 bridgehead atoms. The number of rotatable bonds is 8. The summed E-state index contributed by atoms with van der Waals surface area (Å²) < 4.78 is 24.5. The van der Waals surface area contributed by atoms with Gasteiger partial charge in [0, 0.05) is 0 Å². The molecule has 5 nitrogen and oxygen atoms in total. The summed E-state index contributed by atoms with van der Waals surface area (Å²) in [6, 6.07) is 20.3. The van der Waals surface area contributed by atoms with Gasteiger partial charge in [-0.1, -0.05) is 54.1 Å². The average Bonchev–Trinajstić information content (AvgIpc) is 2.82. The van der Waals surface area contributed by atoms with Gasteiger partial charge in [-0.2, -0.15) is 5.26 Å². The van der Waals surface area contributed by atoms with Gasteiger partial charge in [-0.15, -0.1) is 0 Å². The van der Waals surface area contributed by atoms with E-state index in [0.717, 1.165) is 5.56 Å². The molecule has 1 amide bonds. The smallest absolute Gasteiger partial charge is 0.262 e. The molecule has 0 aliphatic heterocycles. The first-order valence-corrected chi connectivity index (χ1v) is 10.5. The van der Waals surface area contributed by atoms with Crippen molar-refractivity contribution < 1.29 is 18.7 Å². The van der Waals surface area contributed by atoms with Gasteiger partial charge in [0.25, 0.3) is 5.91 Å². The van der Waals surface area contributed by atoms with E-state index in [4.69, 9.17) is 21.1 Å². The average molecular weight is 465 g/mol. The number of nitrogens with one attached hydrogen (secondary N) is 1. The molecule has 0 saturated carbocycles. The van der Waals surface area contributed by atoms with Gasteiger partial charge in [0.05, 0.1) is 18.2 Å². The molecule has 0 saturated heterocycles. The second-order valence-corrected chi connectivity index (χ2v) is 7.64. The Kier molecular flexibility index (Phi) is 8.06. The van der Waals surface area contributed by atoms with Crippen molar-refractivity contribution in [1.29, 1.82) is 5.26 Å². The zero-order valence-corrected chi connectivity index (χ0v) is 18.9. The highest BCUT2D eigenvalue weighted by molar-refractivity contribution is 6.32. The van der Waals surface area contributed by atoms with Gasteiger partial charge in [-0.25, -0.2) is 4.39 Å². The van der Waals surface area contributed by atoms with Crippen LogP contribution in [0.1, 0.15) is 29.7 Å². The van der Waals surface area contributed by atoms with Gasteiger partial charge in [0.15, 0.2) is 11.5 Å². The summed E-state index contributed by atoms with van der Waals surface area (Å²) in [6.07, 6.45) is 1.43. The number of hydrogen-bond acceptors (Lipinski definition) is 4. The first-order chi connectivity index (χ1) is 15.9. The van der Waals surface area contributed by atoms with Crippen LogP contribution in [0.3, 0.4) is 0 Å². The van der Waals surface area contributed by atoms with Crippen molar-refractivity contribution >= 4 is 23.6 Å². The Morgan fingerprint density at radius 2 is 1.94 bits per heavy atom. The molecule has 3 aromatic rings. The number of nitrogens with zero attached hydrogens (tertiary/aromatic N) is 1. The molecule has 1 atom stereocenters. The largest absolute Gasteiger partial charge is 0.493 e. The lowest BCUT2D eigenvalue weighted by molar-refractivity contribution is -0.117. The van der Waals surface area contributed by atoms with Gasteiger partial charge in [0.1, 0.15) is 24.1 Å². The Morgan fingerprint density at radius 1 is 1.18 bits per heavy atom. The number of halogens is 2. The lowest BCUT2D eigenvalue weighted by atomic mass is 10.1. The van der Waals surface area contributed by atoms with E-state index in [9.17, 15) is 14.4 Å². The molecule has 0 aliphatic carbocycles. The van der Waals surface area contributed by atoms with Crippen LogP contribution >= 0.6 is 11.6 Å². The number of ether oxygens (including phenoxy) is 2. The molecular weight excluding hydrogens is 443 g/mol. The Hall–Kier alpha value is -3.82. The Bertz CT molecular complexity index is 1210. The third-order valence-corrected chi connectivity index (χ3v) is 5.13. The summed E-state index contributed by atoms with van der Waals surface area (Å²) in [5.41, 5.74) is 1.97. The summed E-state index contributed by atoms with van der Waals surface area (Å²) in [5.74, 6) is -0.268. The van der Waals surface area contributed by atoms with Crippen molar-refractivity contribution in [3.8, 4) is 17.6 Å². The van der Waals surface area contributed by atoms with Crippen LogP contribution in [0.15, 0.2) is 72.3 Å². The molecule has 0 aliphatic rings. The molecule has 7 heteroatoms.